The highest BCUT2D eigenvalue weighted by molar-refractivity contribution is 7.90. The molecule has 0 fully saturated rings. The third kappa shape index (κ3) is 3.88. The molecule has 0 bridgehead atoms. The molecule has 0 spiro atoms. The lowest BCUT2D eigenvalue weighted by molar-refractivity contribution is 0.234. The molecule has 0 aliphatic carbocycles. The molecule has 140 valence electrons. The van der Waals surface area contributed by atoms with Crippen molar-refractivity contribution in [2.75, 3.05) is 12.8 Å². The van der Waals surface area contributed by atoms with Gasteiger partial charge in [-0.05, 0) is 24.3 Å². The van der Waals surface area contributed by atoms with Crippen molar-refractivity contribution < 1.29 is 17.3 Å². The zero-order chi connectivity index (χ0) is 19.0. The molecule has 1 aromatic carbocycles. The van der Waals surface area contributed by atoms with Gasteiger partial charge < -0.3 is 4.52 Å². The maximum absolute atomic E-state index is 13.0. The minimum atomic E-state index is -3.41. The first-order chi connectivity index (χ1) is 12.9. The Morgan fingerprint density at radius 2 is 2.04 bits per heavy atom. The standard InChI is InChI=1S/C18H17FN4O3S/c1-27(24,25)18-20-9-13-10-23(7-6-16(13)21-18)11-15-8-17(26-22-15)12-2-4-14(19)5-3-12/h2-5,8-9H,6-7,10-11H2,1H3. The van der Waals surface area contributed by atoms with Crippen LogP contribution in [0.1, 0.15) is 17.0 Å². The van der Waals surface area contributed by atoms with Gasteiger partial charge in [0.25, 0.3) is 0 Å². The summed E-state index contributed by atoms with van der Waals surface area (Å²) >= 11 is 0. The second kappa shape index (κ2) is 6.82. The van der Waals surface area contributed by atoms with Gasteiger partial charge in [-0.3, -0.25) is 4.90 Å². The van der Waals surface area contributed by atoms with Crippen LogP contribution in [-0.4, -0.2) is 41.2 Å². The fourth-order valence-corrected chi connectivity index (χ4v) is 3.56. The van der Waals surface area contributed by atoms with E-state index in [9.17, 15) is 12.8 Å². The number of rotatable bonds is 4. The van der Waals surface area contributed by atoms with Gasteiger partial charge in [-0.1, -0.05) is 5.16 Å². The summed E-state index contributed by atoms with van der Waals surface area (Å²) < 4.78 is 41.6. The third-order valence-corrected chi connectivity index (χ3v) is 5.26. The summed E-state index contributed by atoms with van der Waals surface area (Å²) in [6, 6.07) is 7.89. The fourth-order valence-electron chi connectivity index (χ4n) is 3.04. The summed E-state index contributed by atoms with van der Waals surface area (Å²) in [4.78, 5) is 10.3. The van der Waals surface area contributed by atoms with E-state index < -0.39 is 9.84 Å². The maximum Gasteiger partial charge on any atom is 0.246 e. The highest BCUT2D eigenvalue weighted by Gasteiger charge is 2.22. The van der Waals surface area contributed by atoms with E-state index in [4.69, 9.17) is 4.52 Å². The highest BCUT2D eigenvalue weighted by Crippen LogP contribution is 2.23. The Hall–Kier alpha value is -2.65. The second-order valence-corrected chi connectivity index (χ2v) is 8.46. The Balaban J connectivity index is 1.47. The van der Waals surface area contributed by atoms with Crippen molar-refractivity contribution in [1.82, 2.24) is 20.0 Å². The summed E-state index contributed by atoms with van der Waals surface area (Å²) in [5, 5.41) is 3.96. The molecule has 0 unspecified atom stereocenters. The Morgan fingerprint density at radius 1 is 1.26 bits per heavy atom. The maximum atomic E-state index is 13.0. The molecule has 0 saturated heterocycles. The van der Waals surface area contributed by atoms with E-state index in [0.717, 1.165) is 35.3 Å². The summed E-state index contributed by atoms with van der Waals surface area (Å²) in [5.74, 6) is 0.287. The van der Waals surface area contributed by atoms with E-state index in [-0.39, 0.29) is 11.0 Å². The molecular weight excluding hydrogens is 371 g/mol. The molecule has 0 radical (unpaired) electrons. The molecule has 3 heterocycles. The van der Waals surface area contributed by atoms with Gasteiger partial charge in [0, 0.05) is 55.7 Å². The number of hydrogen-bond acceptors (Lipinski definition) is 7. The molecule has 4 rings (SSSR count). The number of fused-ring (bicyclic) bond motifs is 1. The summed E-state index contributed by atoms with van der Waals surface area (Å²) in [6.07, 6.45) is 3.33. The van der Waals surface area contributed by atoms with E-state index >= 15 is 0 Å². The average molecular weight is 388 g/mol. The van der Waals surface area contributed by atoms with Crippen LogP contribution >= 0.6 is 0 Å². The van der Waals surface area contributed by atoms with Crippen LogP contribution < -0.4 is 0 Å². The molecule has 1 aliphatic heterocycles. The number of aromatic nitrogens is 3. The van der Waals surface area contributed by atoms with Gasteiger partial charge in [-0.15, -0.1) is 0 Å². The molecule has 0 atom stereocenters. The molecule has 27 heavy (non-hydrogen) atoms. The van der Waals surface area contributed by atoms with Crippen LogP contribution in [0.15, 0.2) is 46.2 Å². The SMILES string of the molecule is CS(=O)(=O)c1ncc2c(n1)CCN(Cc1cc(-c3ccc(F)cc3)on1)C2. The van der Waals surface area contributed by atoms with E-state index in [0.29, 0.717) is 25.3 Å². The van der Waals surface area contributed by atoms with Gasteiger partial charge >= 0.3 is 0 Å². The zero-order valence-electron chi connectivity index (χ0n) is 14.6. The number of benzene rings is 1. The van der Waals surface area contributed by atoms with Crippen LogP contribution in [0.5, 0.6) is 0 Å². The minimum Gasteiger partial charge on any atom is -0.356 e. The summed E-state index contributed by atoms with van der Waals surface area (Å²) in [6.45, 7) is 1.92. The Kier molecular flexibility index (Phi) is 4.48. The fraction of sp³-hybridized carbons (Fsp3) is 0.278. The molecule has 0 amide bonds. The van der Waals surface area contributed by atoms with Gasteiger partial charge in [0.05, 0.1) is 11.4 Å². The normalized spacial score (nSPS) is 14.9. The Bertz CT molecular complexity index is 1080. The molecule has 2 aromatic heterocycles. The first-order valence-corrected chi connectivity index (χ1v) is 10.3. The van der Waals surface area contributed by atoms with Crippen LogP contribution in [0.25, 0.3) is 11.3 Å². The molecule has 0 N–H and O–H groups in total. The first-order valence-electron chi connectivity index (χ1n) is 8.37. The van der Waals surface area contributed by atoms with Crippen molar-refractivity contribution in [2.24, 2.45) is 0 Å². The largest absolute Gasteiger partial charge is 0.356 e. The average Bonchev–Trinajstić information content (AvgIpc) is 3.09. The van der Waals surface area contributed by atoms with Crippen LogP contribution in [0, 0.1) is 5.82 Å². The second-order valence-electron chi connectivity index (χ2n) is 6.55. The van der Waals surface area contributed by atoms with Crippen LogP contribution in [0.2, 0.25) is 0 Å². The van der Waals surface area contributed by atoms with E-state index in [1.165, 1.54) is 12.1 Å². The van der Waals surface area contributed by atoms with Crippen LogP contribution in [-0.2, 0) is 29.3 Å². The molecule has 0 saturated carbocycles. The highest BCUT2D eigenvalue weighted by atomic mass is 32.2. The van der Waals surface area contributed by atoms with E-state index in [2.05, 4.69) is 20.0 Å². The quantitative estimate of drug-likeness (QED) is 0.633. The Labute approximate surface area is 155 Å². The number of nitrogens with zero attached hydrogens (tertiary/aromatic N) is 4. The predicted octanol–water partition coefficient (Wildman–Crippen LogP) is 2.23. The van der Waals surface area contributed by atoms with E-state index in [1.807, 2.05) is 6.07 Å². The lowest BCUT2D eigenvalue weighted by Crippen LogP contribution is -2.31. The predicted molar refractivity (Wildman–Crippen MR) is 94.9 cm³/mol. The van der Waals surface area contributed by atoms with E-state index in [1.54, 1.807) is 18.3 Å². The zero-order valence-corrected chi connectivity index (χ0v) is 15.4. The van der Waals surface area contributed by atoms with Crippen molar-refractivity contribution in [3.05, 3.63) is 59.3 Å². The van der Waals surface area contributed by atoms with Gasteiger partial charge in [-0.25, -0.2) is 22.8 Å². The minimum absolute atomic E-state index is 0.129. The van der Waals surface area contributed by atoms with Crippen LogP contribution in [0.3, 0.4) is 0 Å². The van der Waals surface area contributed by atoms with Gasteiger partial charge in [-0.2, -0.15) is 0 Å². The van der Waals surface area contributed by atoms with Crippen molar-refractivity contribution in [2.45, 2.75) is 24.7 Å². The first kappa shape index (κ1) is 17.7. The summed E-state index contributed by atoms with van der Waals surface area (Å²) in [7, 11) is -3.41. The summed E-state index contributed by atoms with van der Waals surface area (Å²) in [5.41, 5.74) is 3.22. The number of hydrogen-bond donors (Lipinski definition) is 0. The number of sulfone groups is 1. The van der Waals surface area contributed by atoms with Crippen molar-refractivity contribution in [3.63, 3.8) is 0 Å². The van der Waals surface area contributed by atoms with Gasteiger partial charge in [0.15, 0.2) is 5.76 Å². The molecular formula is C18H17FN4O3S. The van der Waals surface area contributed by atoms with Crippen molar-refractivity contribution >= 4 is 9.84 Å². The molecule has 7 nitrogen and oxygen atoms in total. The van der Waals surface area contributed by atoms with Crippen molar-refractivity contribution in [3.8, 4) is 11.3 Å². The van der Waals surface area contributed by atoms with Crippen molar-refractivity contribution in [1.29, 1.82) is 0 Å². The lowest BCUT2D eigenvalue weighted by atomic mass is 10.1. The topological polar surface area (TPSA) is 89.2 Å². The monoisotopic (exact) mass is 388 g/mol. The third-order valence-electron chi connectivity index (χ3n) is 4.40. The molecule has 9 heteroatoms. The molecule has 1 aliphatic rings. The van der Waals surface area contributed by atoms with Crippen LogP contribution in [0.4, 0.5) is 4.39 Å². The molecule has 3 aromatic rings. The smallest absolute Gasteiger partial charge is 0.246 e. The van der Waals surface area contributed by atoms with Gasteiger partial charge in [0.1, 0.15) is 5.82 Å². The number of halogens is 1. The van der Waals surface area contributed by atoms with Gasteiger partial charge in [0.2, 0.25) is 15.0 Å². The Morgan fingerprint density at radius 3 is 2.78 bits per heavy atom. The lowest BCUT2D eigenvalue weighted by Gasteiger charge is -2.26.